The number of para-hydroxylation sites is 1. The molecule has 0 atom stereocenters. The van der Waals surface area contributed by atoms with Crippen molar-refractivity contribution in [3.05, 3.63) is 107 Å². The fraction of sp³-hybridized carbons (Fsp3) is 0.0833. The third-order valence-electron chi connectivity index (χ3n) is 4.80. The summed E-state index contributed by atoms with van der Waals surface area (Å²) in [7, 11) is 0. The highest BCUT2D eigenvalue weighted by molar-refractivity contribution is 6.09. The van der Waals surface area contributed by atoms with Gasteiger partial charge >= 0.3 is 0 Å². The van der Waals surface area contributed by atoms with E-state index in [1.165, 1.54) is 10.9 Å². The van der Waals surface area contributed by atoms with Gasteiger partial charge in [0.15, 0.2) is 5.78 Å². The van der Waals surface area contributed by atoms with E-state index in [0.717, 1.165) is 11.9 Å². The molecule has 4 nitrogen and oxygen atoms in total. The highest BCUT2D eigenvalue weighted by Gasteiger charge is 2.11. The van der Waals surface area contributed by atoms with Crippen LogP contribution in [0, 0.1) is 0 Å². The first-order chi connectivity index (χ1) is 13.7. The van der Waals surface area contributed by atoms with Crippen molar-refractivity contribution >= 4 is 22.6 Å². The summed E-state index contributed by atoms with van der Waals surface area (Å²) in [6.07, 6.45) is 2.74. The quantitative estimate of drug-likeness (QED) is 0.497. The van der Waals surface area contributed by atoms with Crippen LogP contribution in [0.1, 0.15) is 31.8 Å². The normalized spacial score (nSPS) is 10.7. The molecule has 0 fully saturated rings. The molecule has 3 aromatic carbocycles. The Morgan fingerprint density at radius 1 is 0.750 bits per heavy atom. The molecule has 0 radical (unpaired) electrons. The van der Waals surface area contributed by atoms with E-state index in [9.17, 15) is 9.59 Å². The van der Waals surface area contributed by atoms with Crippen molar-refractivity contribution in [1.29, 1.82) is 0 Å². The van der Waals surface area contributed by atoms with Gasteiger partial charge < -0.3 is 10.3 Å². The summed E-state index contributed by atoms with van der Waals surface area (Å²) >= 11 is 0. The Labute approximate surface area is 163 Å². The highest BCUT2D eigenvalue weighted by atomic mass is 16.1. The van der Waals surface area contributed by atoms with Crippen molar-refractivity contribution in [2.75, 3.05) is 6.54 Å². The molecule has 1 aromatic heterocycles. The average Bonchev–Trinajstić information content (AvgIpc) is 3.17. The third kappa shape index (κ3) is 3.71. The van der Waals surface area contributed by atoms with Crippen LogP contribution in [0.25, 0.3) is 10.9 Å². The van der Waals surface area contributed by atoms with Gasteiger partial charge in [-0.2, -0.15) is 0 Å². The van der Waals surface area contributed by atoms with Gasteiger partial charge in [-0.3, -0.25) is 9.59 Å². The second-order valence-electron chi connectivity index (χ2n) is 6.64. The van der Waals surface area contributed by atoms with Crippen LogP contribution < -0.4 is 5.32 Å². The molecule has 0 aliphatic rings. The van der Waals surface area contributed by atoms with Gasteiger partial charge in [0.1, 0.15) is 0 Å². The molecule has 138 valence electrons. The lowest BCUT2D eigenvalue weighted by Gasteiger charge is -2.06. The van der Waals surface area contributed by atoms with Crippen molar-refractivity contribution in [2.24, 2.45) is 0 Å². The number of carbonyl (C=O) groups is 2. The van der Waals surface area contributed by atoms with Crippen molar-refractivity contribution in [1.82, 2.24) is 10.3 Å². The molecule has 1 heterocycles. The zero-order chi connectivity index (χ0) is 19.3. The van der Waals surface area contributed by atoms with Gasteiger partial charge in [0.25, 0.3) is 5.91 Å². The molecule has 0 spiro atoms. The molecule has 1 amide bonds. The van der Waals surface area contributed by atoms with Gasteiger partial charge in [-0.15, -0.1) is 0 Å². The standard InChI is InChI=1S/C24H20N2O2/c27-23(17-6-2-1-3-7-17)18-10-12-19(13-11-18)24(28)25-15-14-20-16-26-22-9-5-4-8-21(20)22/h1-13,16,26H,14-15H2,(H,25,28). The van der Waals surface area contributed by atoms with Crippen LogP contribution in [-0.2, 0) is 6.42 Å². The van der Waals surface area contributed by atoms with E-state index in [1.54, 1.807) is 36.4 Å². The molecule has 0 aliphatic heterocycles. The lowest BCUT2D eigenvalue weighted by Crippen LogP contribution is -2.25. The van der Waals surface area contributed by atoms with Crippen LogP contribution in [0.5, 0.6) is 0 Å². The number of aromatic nitrogens is 1. The van der Waals surface area contributed by atoms with Crippen LogP contribution in [0.15, 0.2) is 85.1 Å². The van der Waals surface area contributed by atoms with Gasteiger partial charge in [0, 0.05) is 40.3 Å². The first-order valence-corrected chi connectivity index (χ1v) is 9.25. The molecule has 0 saturated heterocycles. The lowest BCUT2D eigenvalue weighted by atomic mass is 10.0. The lowest BCUT2D eigenvalue weighted by molar-refractivity contribution is 0.0952. The van der Waals surface area contributed by atoms with E-state index < -0.39 is 0 Å². The summed E-state index contributed by atoms with van der Waals surface area (Å²) < 4.78 is 0. The monoisotopic (exact) mass is 368 g/mol. The number of hydrogen-bond donors (Lipinski definition) is 2. The molecule has 0 unspecified atom stereocenters. The van der Waals surface area contributed by atoms with Gasteiger partial charge in [0.05, 0.1) is 0 Å². The van der Waals surface area contributed by atoms with E-state index >= 15 is 0 Å². The Kier molecular flexibility index (Phi) is 5.02. The zero-order valence-electron chi connectivity index (χ0n) is 15.3. The number of aromatic amines is 1. The summed E-state index contributed by atoms with van der Waals surface area (Å²) in [5, 5.41) is 4.13. The van der Waals surface area contributed by atoms with E-state index in [0.29, 0.717) is 23.2 Å². The topological polar surface area (TPSA) is 62.0 Å². The minimum absolute atomic E-state index is 0.0492. The van der Waals surface area contributed by atoms with Crippen molar-refractivity contribution in [2.45, 2.75) is 6.42 Å². The molecule has 4 aromatic rings. The third-order valence-corrected chi connectivity index (χ3v) is 4.80. The largest absolute Gasteiger partial charge is 0.361 e. The number of fused-ring (bicyclic) bond motifs is 1. The number of benzene rings is 3. The average molecular weight is 368 g/mol. The molecule has 4 heteroatoms. The fourth-order valence-electron chi connectivity index (χ4n) is 3.28. The van der Waals surface area contributed by atoms with E-state index in [2.05, 4.69) is 16.4 Å². The Balaban J connectivity index is 1.36. The minimum atomic E-state index is -0.140. The first kappa shape index (κ1) is 17.7. The highest BCUT2D eigenvalue weighted by Crippen LogP contribution is 2.17. The maximum atomic E-state index is 12.4. The Morgan fingerprint density at radius 3 is 2.18 bits per heavy atom. The number of hydrogen-bond acceptors (Lipinski definition) is 2. The first-order valence-electron chi connectivity index (χ1n) is 9.25. The van der Waals surface area contributed by atoms with E-state index in [4.69, 9.17) is 0 Å². The predicted octanol–water partition coefficient (Wildman–Crippen LogP) is 4.37. The molecule has 4 rings (SSSR count). The van der Waals surface area contributed by atoms with Crippen molar-refractivity contribution in [3.8, 4) is 0 Å². The number of amides is 1. The van der Waals surface area contributed by atoms with Crippen molar-refractivity contribution < 1.29 is 9.59 Å². The van der Waals surface area contributed by atoms with Crippen LogP contribution in [0.4, 0.5) is 0 Å². The zero-order valence-corrected chi connectivity index (χ0v) is 15.3. The van der Waals surface area contributed by atoms with E-state index in [-0.39, 0.29) is 11.7 Å². The van der Waals surface area contributed by atoms with E-state index in [1.807, 2.05) is 42.6 Å². The summed E-state index contributed by atoms with van der Waals surface area (Å²) in [5.74, 6) is -0.189. The Bertz CT molecular complexity index is 1110. The molecule has 2 N–H and O–H groups in total. The summed E-state index contributed by atoms with van der Waals surface area (Å²) in [6.45, 7) is 0.547. The molecule has 0 bridgehead atoms. The number of ketones is 1. The molecule has 28 heavy (non-hydrogen) atoms. The molecule has 0 aliphatic carbocycles. The van der Waals surface area contributed by atoms with Crippen LogP contribution in [-0.4, -0.2) is 23.2 Å². The number of nitrogens with one attached hydrogen (secondary N) is 2. The number of carbonyl (C=O) groups excluding carboxylic acids is 2. The second kappa shape index (κ2) is 7.92. The van der Waals surface area contributed by atoms with Gasteiger partial charge in [0.2, 0.25) is 0 Å². The molecule has 0 saturated carbocycles. The Morgan fingerprint density at radius 2 is 1.39 bits per heavy atom. The SMILES string of the molecule is O=C(NCCc1c[nH]c2ccccc12)c1ccc(C(=O)c2ccccc2)cc1. The summed E-state index contributed by atoms with van der Waals surface area (Å²) in [6, 6.07) is 24.0. The Hall–Kier alpha value is -3.66. The number of H-pyrrole nitrogens is 1. The van der Waals surface area contributed by atoms with Crippen molar-refractivity contribution in [3.63, 3.8) is 0 Å². The molecular formula is C24H20N2O2. The molecular weight excluding hydrogens is 348 g/mol. The number of rotatable bonds is 6. The van der Waals surface area contributed by atoms with Gasteiger partial charge in [-0.25, -0.2) is 0 Å². The van der Waals surface area contributed by atoms with Crippen LogP contribution >= 0.6 is 0 Å². The van der Waals surface area contributed by atoms with Gasteiger partial charge in [-0.1, -0.05) is 60.7 Å². The summed E-state index contributed by atoms with van der Waals surface area (Å²) in [4.78, 5) is 28.1. The smallest absolute Gasteiger partial charge is 0.251 e. The maximum absolute atomic E-state index is 12.4. The van der Waals surface area contributed by atoms with Crippen LogP contribution in [0.2, 0.25) is 0 Å². The fourth-order valence-corrected chi connectivity index (χ4v) is 3.28. The van der Waals surface area contributed by atoms with Crippen LogP contribution in [0.3, 0.4) is 0 Å². The maximum Gasteiger partial charge on any atom is 0.251 e. The minimum Gasteiger partial charge on any atom is -0.361 e. The predicted molar refractivity (Wildman–Crippen MR) is 111 cm³/mol. The summed E-state index contributed by atoms with van der Waals surface area (Å²) in [5.41, 5.74) is 4.03. The van der Waals surface area contributed by atoms with Gasteiger partial charge in [-0.05, 0) is 30.2 Å². The second-order valence-corrected chi connectivity index (χ2v) is 6.64.